The van der Waals surface area contributed by atoms with Crippen LogP contribution in [0.2, 0.25) is 0 Å². The Morgan fingerprint density at radius 3 is 1.52 bits per heavy atom. The van der Waals surface area contributed by atoms with Crippen molar-refractivity contribution in [1.82, 2.24) is 0 Å². The van der Waals surface area contributed by atoms with Gasteiger partial charge in [-0.15, -0.1) is 0 Å². The molecule has 0 unspecified atom stereocenters. The third kappa shape index (κ3) is 4.33. The van der Waals surface area contributed by atoms with Crippen molar-refractivity contribution < 1.29 is 51.9 Å². The Kier molecular flexibility index (Phi) is 6.79. The smallest absolute Gasteiger partial charge is 0.377 e. The summed E-state index contributed by atoms with van der Waals surface area (Å²) in [6.45, 7) is 0. The zero-order valence-electron chi connectivity index (χ0n) is 17.1. The van der Waals surface area contributed by atoms with Gasteiger partial charge in [-0.25, -0.2) is 0 Å². The monoisotopic (exact) mass is 524 g/mol. The van der Waals surface area contributed by atoms with Crippen LogP contribution in [0.4, 0.5) is 26.3 Å². The van der Waals surface area contributed by atoms with Gasteiger partial charge in [-0.05, 0) is 48.6 Å². The van der Waals surface area contributed by atoms with Crippen molar-refractivity contribution in [3.8, 4) is 5.75 Å². The lowest BCUT2D eigenvalue weighted by atomic mass is 9.89. The molecular formula is C19H22F6O6S2. The molecule has 33 heavy (non-hydrogen) atoms. The van der Waals surface area contributed by atoms with E-state index in [1.807, 2.05) is 0 Å². The van der Waals surface area contributed by atoms with Gasteiger partial charge in [0.15, 0.2) is 0 Å². The molecular weight excluding hydrogens is 502 g/mol. The SMILES string of the molecule is O=S(=O)(O)C(F)(F)C(F)(F)C(F)(F)S(=O)(=O)Oc1c(C2CCCC2)cccc1C1CCCC1. The molecule has 14 heteroatoms. The van der Waals surface area contributed by atoms with E-state index in [2.05, 4.69) is 4.18 Å². The summed E-state index contributed by atoms with van der Waals surface area (Å²) in [6, 6.07) is 4.37. The number of hydrogen-bond donors (Lipinski definition) is 1. The number of alkyl halides is 6. The Bertz CT molecular complexity index is 1060. The first-order chi connectivity index (χ1) is 15.0. The van der Waals surface area contributed by atoms with Crippen LogP contribution >= 0.6 is 0 Å². The molecule has 3 rings (SSSR count). The maximum atomic E-state index is 14.4. The van der Waals surface area contributed by atoms with Crippen LogP contribution in [0.1, 0.15) is 74.3 Å². The molecule has 0 saturated heterocycles. The first kappa shape index (κ1) is 26.1. The molecule has 0 spiro atoms. The lowest BCUT2D eigenvalue weighted by molar-refractivity contribution is -0.247. The van der Waals surface area contributed by atoms with Crippen LogP contribution in [0.25, 0.3) is 0 Å². The molecule has 6 nitrogen and oxygen atoms in total. The summed E-state index contributed by atoms with van der Waals surface area (Å²) in [7, 11) is -14.0. The lowest BCUT2D eigenvalue weighted by Gasteiger charge is -2.30. The fourth-order valence-corrected chi connectivity index (χ4v) is 5.91. The predicted octanol–water partition coefficient (Wildman–Crippen LogP) is 5.42. The molecule has 2 aliphatic carbocycles. The van der Waals surface area contributed by atoms with Crippen LogP contribution < -0.4 is 4.18 Å². The van der Waals surface area contributed by atoms with E-state index in [-0.39, 0.29) is 23.0 Å². The molecule has 2 saturated carbocycles. The number of para-hydroxylation sites is 1. The van der Waals surface area contributed by atoms with E-state index in [1.165, 1.54) is 12.1 Å². The minimum Gasteiger partial charge on any atom is -0.377 e. The summed E-state index contributed by atoms with van der Waals surface area (Å²) in [5, 5.41) is -13.5. The van der Waals surface area contributed by atoms with E-state index < -0.39 is 42.4 Å². The van der Waals surface area contributed by atoms with Gasteiger partial charge in [0.2, 0.25) is 0 Å². The summed E-state index contributed by atoms with van der Waals surface area (Å²) >= 11 is 0. The topological polar surface area (TPSA) is 97.7 Å². The zero-order chi connectivity index (χ0) is 24.9. The first-order valence-electron chi connectivity index (χ1n) is 10.2. The second kappa shape index (κ2) is 8.59. The zero-order valence-corrected chi connectivity index (χ0v) is 18.7. The second-order valence-electron chi connectivity index (χ2n) is 8.35. The summed E-state index contributed by atoms with van der Waals surface area (Å²) < 4.78 is 143. The van der Waals surface area contributed by atoms with Gasteiger partial charge in [0.05, 0.1) is 0 Å². The van der Waals surface area contributed by atoms with Crippen molar-refractivity contribution in [3.63, 3.8) is 0 Å². The minimum atomic E-state index is -7.10. The Hall–Kier alpha value is -1.54. The number of halogens is 6. The molecule has 0 heterocycles. The van der Waals surface area contributed by atoms with E-state index in [0.717, 1.165) is 25.7 Å². The molecule has 2 aliphatic rings. The highest BCUT2D eigenvalue weighted by Gasteiger charge is 2.83. The van der Waals surface area contributed by atoms with Gasteiger partial charge in [0.1, 0.15) is 5.75 Å². The van der Waals surface area contributed by atoms with Crippen LogP contribution in [0.5, 0.6) is 5.75 Å². The average molecular weight is 525 g/mol. The van der Waals surface area contributed by atoms with E-state index in [9.17, 15) is 43.2 Å². The lowest BCUT2D eigenvalue weighted by Crippen LogP contribution is -2.61. The number of rotatable bonds is 8. The average Bonchev–Trinajstić information content (AvgIpc) is 3.41. The molecule has 0 radical (unpaired) electrons. The third-order valence-corrected chi connectivity index (χ3v) is 8.40. The fourth-order valence-electron chi connectivity index (χ4n) is 4.44. The second-order valence-corrected chi connectivity index (χ2v) is 11.4. The van der Waals surface area contributed by atoms with Crippen molar-refractivity contribution in [1.29, 1.82) is 0 Å². The van der Waals surface area contributed by atoms with Gasteiger partial charge >= 0.3 is 36.7 Å². The number of hydrogen-bond acceptors (Lipinski definition) is 5. The summed E-state index contributed by atoms with van der Waals surface area (Å²) in [5.41, 5.74) is 0.363. The van der Waals surface area contributed by atoms with Crippen LogP contribution in [0.15, 0.2) is 18.2 Å². The minimum absolute atomic E-state index is 0.182. The Morgan fingerprint density at radius 2 is 1.15 bits per heavy atom. The molecule has 1 aromatic carbocycles. The molecule has 1 N–H and O–H groups in total. The molecule has 0 amide bonds. The fraction of sp³-hybridized carbons (Fsp3) is 0.684. The van der Waals surface area contributed by atoms with Crippen LogP contribution in [-0.4, -0.2) is 37.8 Å². The standard InChI is InChI=1S/C19H22F6O6S2/c20-17(21,18(22,23)32(26,27)28)19(24,25)33(29,30)31-16-14(12-6-1-2-7-12)10-5-11-15(16)13-8-3-4-9-13/h5,10-13H,1-4,6-9H2,(H,26,27,28). The molecule has 0 aromatic heterocycles. The highest BCUT2D eigenvalue weighted by Crippen LogP contribution is 2.52. The van der Waals surface area contributed by atoms with Gasteiger partial charge < -0.3 is 4.18 Å². The van der Waals surface area contributed by atoms with Crippen molar-refractivity contribution in [2.45, 2.75) is 79.6 Å². The van der Waals surface area contributed by atoms with Gasteiger partial charge in [-0.3, -0.25) is 4.55 Å². The van der Waals surface area contributed by atoms with Crippen molar-refractivity contribution in [3.05, 3.63) is 29.3 Å². The number of benzene rings is 1. The van der Waals surface area contributed by atoms with Gasteiger partial charge in [-0.2, -0.15) is 43.2 Å². The van der Waals surface area contributed by atoms with Crippen molar-refractivity contribution in [2.75, 3.05) is 0 Å². The van der Waals surface area contributed by atoms with Crippen molar-refractivity contribution >= 4 is 20.2 Å². The molecule has 188 valence electrons. The normalized spacial score (nSPS) is 19.8. The quantitative estimate of drug-likeness (QED) is 0.277. The highest BCUT2D eigenvalue weighted by atomic mass is 32.2. The molecule has 0 bridgehead atoms. The highest BCUT2D eigenvalue weighted by molar-refractivity contribution is 7.88. The summed E-state index contributed by atoms with van der Waals surface area (Å²) in [4.78, 5) is 0. The third-order valence-electron chi connectivity index (χ3n) is 6.23. The van der Waals surface area contributed by atoms with Crippen LogP contribution in [0, 0.1) is 0 Å². The molecule has 0 aliphatic heterocycles. The van der Waals surface area contributed by atoms with Gasteiger partial charge in [0.25, 0.3) is 0 Å². The largest absolute Gasteiger partial charge is 0.450 e. The predicted molar refractivity (Wildman–Crippen MR) is 105 cm³/mol. The van der Waals surface area contributed by atoms with Crippen LogP contribution in [-0.2, 0) is 20.2 Å². The molecule has 2 fully saturated rings. The Labute approximate surface area is 187 Å². The van der Waals surface area contributed by atoms with E-state index in [0.29, 0.717) is 25.7 Å². The summed E-state index contributed by atoms with van der Waals surface area (Å²) in [6.07, 6.45) is 5.21. The summed E-state index contributed by atoms with van der Waals surface area (Å²) in [5.74, 6) is -8.28. The van der Waals surface area contributed by atoms with E-state index in [1.54, 1.807) is 6.07 Å². The molecule has 0 atom stereocenters. The van der Waals surface area contributed by atoms with Gasteiger partial charge in [-0.1, -0.05) is 43.9 Å². The van der Waals surface area contributed by atoms with Crippen LogP contribution in [0.3, 0.4) is 0 Å². The van der Waals surface area contributed by atoms with E-state index in [4.69, 9.17) is 4.55 Å². The maximum Gasteiger partial charge on any atom is 0.450 e. The first-order valence-corrected chi connectivity index (χ1v) is 13.1. The maximum absolute atomic E-state index is 14.4. The van der Waals surface area contributed by atoms with E-state index >= 15 is 0 Å². The Morgan fingerprint density at radius 1 is 0.758 bits per heavy atom. The molecule has 1 aromatic rings. The van der Waals surface area contributed by atoms with Crippen molar-refractivity contribution in [2.24, 2.45) is 0 Å². The van der Waals surface area contributed by atoms with Gasteiger partial charge in [0, 0.05) is 0 Å². The Balaban J connectivity index is 2.10.